The summed E-state index contributed by atoms with van der Waals surface area (Å²) >= 11 is 12.0. The highest BCUT2D eigenvalue weighted by Gasteiger charge is 2.14. The molecule has 9 aromatic rings. The third kappa shape index (κ3) is 17.9. The molecule has 5 N–H and O–H groups in total. The summed E-state index contributed by atoms with van der Waals surface area (Å²) in [5.74, 6) is 0.172. The predicted molar refractivity (Wildman–Crippen MR) is 320 cm³/mol. The minimum absolute atomic E-state index is 0.0407. The Morgan fingerprint density at radius 3 is 1.00 bits per heavy atom. The maximum absolute atomic E-state index is 11.2. The molecule has 0 radical (unpaired) electrons. The van der Waals surface area contributed by atoms with Crippen molar-refractivity contribution >= 4 is 80.7 Å². The molecule has 82 heavy (non-hydrogen) atoms. The number of anilines is 3. The fourth-order valence-electron chi connectivity index (χ4n) is 7.49. The van der Waals surface area contributed by atoms with Crippen LogP contribution in [0, 0.1) is 27.2 Å². The minimum Gasteiger partial charge on any atom is -0.508 e. The monoisotopic (exact) mass is 1140 g/mol. The van der Waals surface area contributed by atoms with E-state index in [1.165, 1.54) is 43.7 Å². The number of hydrogen-bond donors (Lipinski definition) is 5. The summed E-state index contributed by atoms with van der Waals surface area (Å²) in [5, 5.41) is 55.7. The molecule has 0 spiro atoms. The van der Waals surface area contributed by atoms with E-state index in [1.807, 2.05) is 79.7 Å². The number of nitrogens with one attached hydrogen (secondary N) is 3. The Morgan fingerprint density at radius 1 is 0.427 bits per heavy atom. The number of nitro benzene ring substituents is 2. The number of nitro groups is 2. The molecule has 412 valence electrons. The lowest BCUT2D eigenvalue weighted by atomic mass is 10.0. The number of rotatable bonds is 16. The summed E-state index contributed by atoms with van der Waals surface area (Å²) in [5.41, 5.74) is 18.4. The maximum atomic E-state index is 11.2. The second-order valence-electron chi connectivity index (χ2n) is 17.5. The van der Waals surface area contributed by atoms with Crippen molar-refractivity contribution < 1.29 is 39.1 Å². The molecule has 0 fully saturated rings. The van der Waals surface area contributed by atoms with E-state index in [0.29, 0.717) is 55.5 Å². The van der Waals surface area contributed by atoms with Gasteiger partial charge in [0.1, 0.15) is 23.0 Å². The first-order valence-electron chi connectivity index (χ1n) is 24.7. The van der Waals surface area contributed by atoms with Crippen LogP contribution in [0.3, 0.4) is 0 Å². The number of carbonyl (C=O) groups is 2. The number of esters is 2. The highest BCUT2D eigenvalue weighted by Crippen LogP contribution is 2.25. The molecular formula is C62H50Cl2N8O10. The third-order valence-electron chi connectivity index (χ3n) is 11.3. The molecule has 0 aliphatic heterocycles. The lowest BCUT2D eigenvalue weighted by molar-refractivity contribution is -0.385. The van der Waals surface area contributed by atoms with Crippen molar-refractivity contribution in [1.29, 1.82) is 0 Å². The number of ether oxygens (including phenoxy) is 2. The first-order chi connectivity index (χ1) is 39.5. The summed E-state index contributed by atoms with van der Waals surface area (Å²) in [6.45, 7) is 4.68. The van der Waals surface area contributed by atoms with Crippen LogP contribution in [0.5, 0.6) is 23.0 Å². The zero-order valence-corrected chi connectivity index (χ0v) is 45.4. The Kier molecular flexibility index (Phi) is 20.7. The number of phenols is 2. The Hall–Kier alpha value is -10.7. The Bertz CT molecular complexity index is 3610. The van der Waals surface area contributed by atoms with Crippen LogP contribution in [0.2, 0.25) is 10.0 Å². The van der Waals surface area contributed by atoms with E-state index in [0.717, 1.165) is 33.7 Å². The van der Waals surface area contributed by atoms with Crippen molar-refractivity contribution in [2.75, 3.05) is 16.3 Å². The molecule has 9 aromatic carbocycles. The minimum atomic E-state index is -0.489. The van der Waals surface area contributed by atoms with Crippen LogP contribution in [0.25, 0.3) is 0 Å². The molecule has 0 aliphatic carbocycles. The van der Waals surface area contributed by atoms with Crippen molar-refractivity contribution in [2.45, 2.75) is 20.8 Å². The molecule has 0 heterocycles. The van der Waals surface area contributed by atoms with E-state index in [-0.39, 0.29) is 22.9 Å². The number of nitrogens with zero attached hydrogens (tertiary/aromatic N) is 5. The average Bonchev–Trinajstić information content (AvgIpc) is 3.65. The SMILES string of the molecule is CC(=O)Oc1ccc(C(=NNc2cccc([N+](=O)[O-])c2)c2ccc(OC(C)=O)cc2)cc1.Cc1cccc(NN=C(c2ccc(Cl)cc2)c2ccc(Cl)cc2)c1.O=[N+]([O-])c1cccc(NN=C(c2ccc(O)cc2)c2ccc(O)cc2)c1. The smallest absolute Gasteiger partial charge is 0.308 e. The molecule has 0 aromatic heterocycles. The van der Waals surface area contributed by atoms with Gasteiger partial charge in [0.2, 0.25) is 0 Å². The largest absolute Gasteiger partial charge is 0.508 e. The predicted octanol–water partition coefficient (Wildman–Crippen LogP) is 14.3. The van der Waals surface area contributed by atoms with E-state index < -0.39 is 21.8 Å². The number of benzene rings is 9. The highest BCUT2D eigenvalue weighted by molar-refractivity contribution is 6.31. The molecule has 0 atom stereocenters. The normalized spacial score (nSPS) is 10.2. The quantitative estimate of drug-likeness (QED) is 0.0199. The van der Waals surface area contributed by atoms with Gasteiger partial charge in [0.15, 0.2) is 0 Å². The highest BCUT2D eigenvalue weighted by atomic mass is 35.5. The number of halogens is 2. The van der Waals surface area contributed by atoms with Crippen LogP contribution in [-0.4, -0.2) is 49.1 Å². The summed E-state index contributed by atoms with van der Waals surface area (Å²) in [7, 11) is 0. The molecule has 0 amide bonds. The first-order valence-corrected chi connectivity index (χ1v) is 25.5. The van der Waals surface area contributed by atoms with Gasteiger partial charge < -0.3 is 19.7 Å². The van der Waals surface area contributed by atoms with Crippen molar-refractivity contribution in [3.05, 3.63) is 288 Å². The van der Waals surface area contributed by atoms with Gasteiger partial charge in [0.05, 0.1) is 44.0 Å². The van der Waals surface area contributed by atoms with Gasteiger partial charge in [-0.3, -0.25) is 46.1 Å². The molecule has 0 unspecified atom stereocenters. The van der Waals surface area contributed by atoms with Crippen LogP contribution >= 0.6 is 23.2 Å². The number of aromatic hydroxyl groups is 2. The summed E-state index contributed by atoms with van der Waals surface area (Å²) in [6, 6.07) is 61.7. The van der Waals surface area contributed by atoms with Crippen LogP contribution in [0.15, 0.2) is 234 Å². The standard InChI is InChI=1S/C23H19N3O6.C20H16Cl2N2.C19H15N3O4/c1-15(27)31-21-10-6-17(7-11-21)23(18-8-12-22(13-9-18)32-16(2)28)25-24-19-4-3-5-20(14-19)26(29)30;1-14-3-2-4-19(13-14)23-24-20(15-5-9-17(21)10-6-15)16-7-11-18(22)12-8-16;23-17-8-4-13(5-9-17)19(14-6-10-18(24)11-7-14)21-20-15-2-1-3-16(12-15)22(25)26/h3-14,24H,1-2H3;2-13,23H,1H3;1-12,20,23-24H. The van der Waals surface area contributed by atoms with Crippen LogP contribution in [0.4, 0.5) is 28.4 Å². The van der Waals surface area contributed by atoms with Crippen molar-refractivity contribution in [1.82, 2.24) is 0 Å². The first kappa shape index (κ1) is 59.0. The molecule has 0 bridgehead atoms. The van der Waals surface area contributed by atoms with Crippen LogP contribution in [0.1, 0.15) is 52.8 Å². The van der Waals surface area contributed by atoms with Gasteiger partial charge in [0.25, 0.3) is 11.4 Å². The lowest BCUT2D eigenvalue weighted by Crippen LogP contribution is -2.08. The summed E-state index contributed by atoms with van der Waals surface area (Å²) in [4.78, 5) is 43.3. The van der Waals surface area contributed by atoms with Crippen molar-refractivity contribution in [2.24, 2.45) is 15.3 Å². The van der Waals surface area contributed by atoms with E-state index in [9.17, 15) is 40.0 Å². The lowest BCUT2D eigenvalue weighted by Gasteiger charge is -2.10. The molecular weight excluding hydrogens is 1090 g/mol. The van der Waals surface area contributed by atoms with E-state index >= 15 is 0 Å². The molecule has 18 nitrogen and oxygen atoms in total. The van der Waals surface area contributed by atoms with Gasteiger partial charge in [-0.25, -0.2) is 0 Å². The van der Waals surface area contributed by atoms with E-state index in [1.54, 1.807) is 121 Å². The number of phenolic OH excluding ortho intramolecular Hbond substituents is 2. The Labute approximate surface area is 480 Å². The molecule has 0 aliphatic rings. The maximum Gasteiger partial charge on any atom is 0.308 e. The molecule has 0 saturated heterocycles. The molecule has 9 rings (SSSR count). The average molecular weight is 1140 g/mol. The Balaban J connectivity index is 0.000000179. The fraction of sp³-hybridized carbons (Fsp3) is 0.0484. The number of hydrogen-bond acceptors (Lipinski definition) is 16. The fourth-order valence-corrected chi connectivity index (χ4v) is 7.74. The number of non-ortho nitro benzene ring substituents is 2. The van der Waals surface area contributed by atoms with Crippen molar-refractivity contribution in [3.8, 4) is 23.0 Å². The zero-order chi connectivity index (χ0) is 58.5. The third-order valence-corrected chi connectivity index (χ3v) is 11.8. The van der Waals surface area contributed by atoms with Gasteiger partial charge >= 0.3 is 11.9 Å². The molecule has 0 saturated carbocycles. The second-order valence-corrected chi connectivity index (χ2v) is 18.4. The summed E-state index contributed by atoms with van der Waals surface area (Å²) in [6.07, 6.45) is 0. The van der Waals surface area contributed by atoms with Crippen molar-refractivity contribution in [3.63, 3.8) is 0 Å². The van der Waals surface area contributed by atoms with Gasteiger partial charge in [-0.15, -0.1) is 0 Å². The zero-order valence-electron chi connectivity index (χ0n) is 43.9. The van der Waals surface area contributed by atoms with Gasteiger partial charge in [-0.1, -0.05) is 71.7 Å². The van der Waals surface area contributed by atoms with Crippen LogP contribution < -0.4 is 25.8 Å². The molecule has 20 heteroatoms. The number of aryl methyl sites for hydroxylation is 1. The Morgan fingerprint density at radius 2 is 0.707 bits per heavy atom. The van der Waals surface area contributed by atoms with Gasteiger partial charge in [-0.05, 0) is 158 Å². The second kappa shape index (κ2) is 28.8. The van der Waals surface area contributed by atoms with E-state index in [4.69, 9.17) is 32.7 Å². The topological polar surface area (TPSA) is 253 Å². The van der Waals surface area contributed by atoms with Gasteiger partial charge in [-0.2, -0.15) is 15.3 Å². The van der Waals surface area contributed by atoms with Crippen LogP contribution in [-0.2, 0) is 9.59 Å². The van der Waals surface area contributed by atoms with Gasteiger partial charge in [0, 0.05) is 81.5 Å². The number of carbonyl (C=O) groups excluding carboxylic acids is 2. The number of hydrazone groups is 3. The summed E-state index contributed by atoms with van der Waals surface area (Å²) < 4.78 is 10.1. The van der Waals surface area contributed by atoms with E-state index in [2.05, 4.69) is 31.6 Å².